The van der Waals surface area contributed by atoms with Crippen LogP contribution in [0.4, 0.5) is 0 Å². The standard InChI is InChI=1S/C21H26N2O/c22-12-19-11-18(10-16-4-1-2-6-20(16)19)21(24)17-5-3-9-23(14-17)13-15-7-8-15/h10-11,15,17H,1-9,13-14H2. The predicted octanol–water partition coefficient (Wildman–Crippen LogP) is 3.74. The third-order valence-corrected chi connectivity index (χ3v) is 5.96. The van der Waals surface area contributed by atoms with Gasteiger partial charge in [0.2, 0.25) is 0 Å². The lowest BCUT2D eigenvalue weighted by atomic mass is 9.83. The first-order chi connectivity index (χ1) is 11.7. The molecular weight excluding hydrogens is 296 g/mol. The topological polar surface area (TPSA) is 44.1 Å². The monoisotopic (exact) mass is 322 g/mol. The van der Waals surface area contributed by atoms with Crippen LogP contribution >= 0.6 is 0 Å². The van der Waals surface area contributed by atoms with Gasteiger partial charge < -0.3 is 4.90 Å². The highest BCUT2D eigenvalue weighted by Crippen LogP contribution is 2.32. The molecule has 3 nitrogen and oxygen atoms in total. The number of aryl methyl sites for hydroxylation is 1. The molecule has 1 aliphatic heterocycles. The number of nitrogens with zero attached hydrogens (tertiary/aromatic N) is 2. The van der Waals surface area contributed by atoms with E-state index in [0.717, 1.165) is 62.2 Å². The molecule has 0 N–H and O–H groups in total. The van der Waals surface area contributed by atoms with Crippen LogP contribution in [-0.2, 0) is 12.8 Å². The van der Waals surface area contributed by atoms with Crippen molar-refractivity contribution in [1.82, 2.24) is 4.90 Å². The van der Waals surface area contributed by atoms with Crippen molar-refractivity contribution in [2.24, 2.45) is 11.8 Å². The number of rotatable bonds is 4. The molecule has 1 saturated carbocycles. The molecule has 0 bridgehead atoms. The van der Waals surface area contributed by atoms with Crippen LogP contribution in [0, 0.1) is 23.2 Å². The summed E-state index contributed by atoms with van der Waals surface area (Å²) < 4.78 is 0. The van der Waals surface area contributed by atoms with Crippen molar-refractivity contribution in [3.05, 3.63) is 34.4 Å². The van der Waals surface area contributed by atoms with Crippen LogP contribution < -0.4 is 0 Å². The van der Waals surface area contributed by atoms with Crippen molar-refractivity contribution in [1.29, 1.82) is 5.26 Å². The van der Waals surface area contributed by atoms with Gasteiger partial charge in [-0.1, -0.05) is 0 Å². The lowest BCUT2D eigenvalue weighted by Crippen LogP contribution is -2.39. The molecule has 126 valence electrons. The summed E-state index contributed by atoms with van der Waals surface area (Å²) >= 11 is 0. The van der Waals surface area contributed by atoms with Gasteiger partial charge in [0.1, 0.15) is 0 Å². The van der Waals surface area contributed by atoms with Crippen molar-refractivity contribution in [2.45, 2.75) is 51.4 Å². The number of nitriles is 1. The average Bonchev–Trinajstić information content (AvgIpc) is 3.44. The highest BCUT2D eigenvalue weighted by atomic mass is 16.1. The number of Topliss-reactive ketones (excluding diaryl/α,β-unsaturated/α-hetero) is 1. The Hall–Kier alpha value is -1.66. The molecule has 4 rings (SSSR count). The van der Waals surface area contributed by atoms with Crippen molar-refractivity contribution in [3.63, 3.8) is 0 Å². The number of hydrogen-bond acceptors (Lipinski definition) is 3. The molecule has 24 heavy (non-hydrogen) atoms. The van der Waals surface area contributed by atoms with E-state index in [0.29, 0.717) is 0 Å². The van der Waals surface area contributed by atoms with Crippen LogP contribution in [0.15, 0.2) is 12.1 Å². The van der Waals surface area contributed by atoms with Crippen LogP contribution in [0.1, 0.15) is 65.6 Å². The molecule has 1 aromatic carbocycles. The molecule has 1 heterocycles. The highest BCUT2D eigenvalue weighted by Gasteiger charge is 2.31. The molecule has 0 amide bonds. The van der Waals surface area contributed by atoms with Gasteiger partial charge in [-0.15, -0.1) is 0 Å². The zero-order valence-corrected chi connectivity index (χ0v) is 14.4. The van der Waals surface area contributed by atoms with Crippen LogP contribution in [0.25, 0.3) is 0 Å². The molecule has 1 atom stereocenters. The summed E-state index contributed by atoms with van der Waals surface area (Å²) in [7, 11) is 0. The SMILES string of the molecule is N#Cc1cc(C(=O)C2CCCN(CC3CC3)C2)cc2c1CCCC2. The minimum atomic E-state index is 0.116. The van der Waals surface area contributed by atoms with E-state index in [-0.39, 0.29) is 11.7 Å². The second-order valence-electron chi connectivity index (χ2n) is 7.89. The Balaban J connectivity index is 1.54. The molecule has 0 radical (unpaired) electrons. The summed E-state index contributed by atoms with van der Waals surface area (Å²) in [5.74, 6) is 1.26. The molecule has 1 aromatic rings. The van der Waals surface area contributed by atoms with Crippen LogP contribution in [0.2, 0.25) is 0 Å². The first kappa shape index (κ1) is 15.8. The molecule has 1 saturated heterocycles. The number of carbonyl (C=O) groups excluding carboxylic acids is 1. The van der Waals surface area contributed by atoms with Crippen molar-refractivity contribution in [3.8, 4) is 6.07 Å². The van der Waals surface area contributed by atoms with Gasteiger partial charge >= 0.3 is 0 Å². The molecule has 1 unspecified atom stereocenters. The molecule has 2 fully saturated rings. The number of likely N-dealkylation sites (tertiary alicyclic amines) is 1. The summed E-state index contributed by atoms with van der Waals surface area (Å²) in [6, 6.07) is 6.30. The summed E-state index contributed by atoms with van der Waals surface area (Å²) in [6.45, 7) is 3.24. The molecule has 0 spiro atoms. The zero-order valence-electron chi connectivity index (χ0n) is 14.4. The summed E-state index contributed by atoms with van der Waals surface area (Å²) in [6.07, 6.45) is 9.20. The Morgan fingerprint density at radius 2 is 2.00 bits per heavy atom. The molecule has 3 aliphatic rings. The largest absolute Gasteiger partial charge is 0.302 e. The Morgan fingerprint density at radius 1 is 1.17 bits per heavy atom. The van der Waals surface area contributed by atoms with E-state index in [4.69, 9.17) is 0 Å². The smallest absolute Gasteiger partial charge is 0.167 e. The van der Waals surface area contributed by atoms with E-state index in [2.05, 4.69) is 17.0 Å². The Bertz CT molecular complexity index is 684. The highest BCUT2D eigenvalue weighted by molar-refractivity contribution is 5.98. The van der Waals surface area contributed by atoms with Gasteiger partial charge in [-0.3, -0.25) is 4.79 Å². The van der Waals surface area contributed by atoms with Crippen LogP contribution in [0.5, 0.6) is 0 Å². The Labute approximate surface area is 144 Å². The second-order valence-corrected chi connectivity index (χ2v) is 7.89. The Morgan fingerprint density at radius 3 is 2.79 bits per heavy atom. The number of hydrogen-bond donors (Lipinski definition) is 0. The fourth-order valence-corrected chi connectivity index (χ4v) is 4.45. The van der Waals surface area contributed by atoms with Crippen LogP contribution in [0.3, 0.4) is 0 Å². The first-order valence-electron chi connectivity index (χ1n) is 9.57. The fourth-order valence-electron chi connectivity index (χ4n) is 4.45. The van der Waals surface area contributed by atoms with Gasteiger partial charge in [0.05, 0.1) is 11.6 Å². The number of benzene rings is 1. The maximum atomic E-state index is 13.1. The van der Waals surface area contributed by atoms with E-state index in [1.165, 1.54) is 36.9 Å². The van der Waals surface area contributed by atoms with E-state index in [1.54, 1.807) is 0 Å². The third-order valence-electron chi connectivity index (χ3n) is 5.96. The van der Waals surface area contributed by atoms with Crippen molar-refractivity contribution in [2.75, 3.05) is 19.6 Å². The predicted molar refractivity (Wildman–Crippen MR) is 94.0 cm³/mol. The van der Waals surface area contributed by atoms with E-state index >= 15 is 0 Å². The minimum absolute atomic E-state index is 0.116. The van der Waals surface area contributed by atoms with Gasteiger partial charge in [0, 0.05) is 24.6 Å². The van der Waals surface area contributed by atoms with Crippen molar-refractivity contribution < 1.29 is 4.79 Å². The number of piperidine rings is 1. The van der Waals surface area contributed by atoms with Gasteiger partial charge in [-0.2, -0.15) is 5.26 Å². The normalized spacial score (nSPS) is 24.2. The molecule has 3 heteroatoms. The van der Waals surface area contributed by atoms with Gasteiger partial charge in [-0.05, 0) is 87.1 Å². The molecule has 2 aliphatic carbocycles. The minimum Gasteiger partial charge on any atom is -0.302 e. The summed E-state index contributed by atoms with van der Waals surface area (Å²) in [5, 5.41) is 9.49. The van der Waals surface area contributed by atoms with E-state index < -0.39 is 0 Å². The number of carbonyl (C=O) groups is 1. The molecule has 0 aromatic heterocycles. The van der Waals surface area contributed by atoms with Gasteiger partial charge in [0.25, 0.3) is 0 Å². The maximum Gasteiger partial charge on any atom is 0.167 e. The molecular formula is C21H26N2O. The van der Waals surface area contributed by atoms with Gasteiger partial charge in [0.15, 0.2) is 5.78 Å². The lowest BCUT2D eigenvalue weighted by Gasteiger charge is -2.32. The zero-order chi connectivity index (χ0) is 16.5. The van der Waals surface area contributed by atoms with Gasteiger partial charge in [-0.25, -0.2) is 0 Å². The van der Waals surface area contributed by atoms with Crippen LogP contribution in [-0.4, -0.2) is 30.3 Å². The summed E-state index contributed by atoms with van der Waals surface area (Å²) in [4.78, 5) is 15.6. The first-order valence-corrected chi connectivity index (χ1v) is 9.57. The van der Waals surface area contributed by atoms with E-state index in [1.807, 2.05) is 6.07 Å². The Kier molecular flexibility index (Phi) is 4.41. The van der Waals surface area contributed by atoms with E-state index in [9.17, 15) is 10.1 Å². The number of fused-ring (bicyclic) bond motifs is 1. The second kappa shape index (κ2) is 6.69. The average molecular weight is 322 g/mol. The number of ketones is 1. The lowest BCUT2D eigenvalue weighted by molar-refractivity contribution is 0.0814. The third kappa shape index (κ3) is 3.26. The quantitative estimate of drug-likeness (QED) is 0.793. The summed E-state index contributed by atoms with van der Waals surface area (Å²) in [5.41, 5.74) is 3.96. The fraction of sp³-hybridized carbons (Fsp3) is 0.619. The maximum absolute atomic E-state index is 13.1. The van der Waals surface area contributed by atoms with Crippen molar-refractivity contribution >= 4 is 5.78 Å².